The quantitative estimate of drug-likeness (QED) is 0.183. The summed E-state index contributed by atoms with van der Waals surface area (Å²) in [6.45, 7) is 6.50. The van der Waals surface area contributed by atoms with Crippen molar-refractivity contribution in [3.05, 3.63) is 169 Å². The monoisotopic (exact) mass is 647 g/mol. The number of aromatic nitrogens is 2. The summed E-state index contributed by atoms with van der Waals surface area (Å²) < 4.78 is 2.23. The third kappa shape index (κ3) is 5.65. The Labute approximate surface area is 292 Å². The molecule has 1 heterocycles. The van der Waals surface area contributed by atoms with Crippen LogP contribution in [0, 0.1) is 0 Å². The highest BCUT2D eigenvalue weighted by molar-refractivity contribution is 6.09. The maximum absolute atomic E-state index is 10.7. The smallest absolute Gasteiger partial charge is 0.147 e. The Balaban J connectivity index is 1.33. The molecule has 0 aliphatic carbocycles. The zero-order valence-electron chi connectivity index (χ0n) is 28.4. The second-order valence-corrected chi connectivity index (χ2v) is 13.7. The molecule has 0 saturated carbocycles. The van der Waals surface area contributed by atoms with Gasteiger partial charge in [-0.3, -0.25) is 9.56 Å². The number of imidazole rings is 1. The van der Waals surface area contributed by atoms with Gasteiger partial charge in [-0.25, -0.2) is 4.98 Å². The number of aromatic hydroxyl groups is 1. The summed E-state index contributed by atoms with van der Waals surface area (Å²) >= 11 is 0. The molecule has 0 unspecified atom stereocenters. The standard InChI is InChI=1S/C46H37N3O/c1-46(2,3)33-25-28-43(50)32(29-33)30-47-41-23-13-12-21-40(41)45-48-44-39(22-14-24-42(44)49(45)34-17-8-5-9-18-34)38-27-26-35(31-15-6-4-7-16-31)36-19-10-11-20-37(36)38/h4-30,50H,1-3H3. The van der Waals surface area contributed by atoms with Gasteiger partial charge in [-0.2, -0.15) is 0 Å². The SMILES string of the molecule is CC(C)(C)c1ccc(O)c(C=Nc2ccccc2-c2nc3c(-c4ccc(-c5ccccc5)c5ccccc45)cccc3n2-c2ccccc2)c1. The first kappa shape index (κ1) is 31.0. The third-order valence-corrected chi connectivity index (χ3v) is 9.38. The average molecular weight is 648 g/mol. The summed E-state index contributed by atoms with van der Waals surface area (Å²) in [4.78, 5) is 10.4. The lowest BCUT2D eigenvalue weighted by Crippen LogP contribution is -2.11. The van der Waals surface area contributed by atoms with E-state index in [2.05, 4.69) is 141 Å². The number of para-hydroxylation sites is 3. The van der Waals surface area contributed by atoms with Crippen molar-refractivity contribution in [1.82, 2.24) is 9.55 Å². The van der Waals surface area contributed by atoms with Gasteiger partial charge in [0, 0.05) is 28.6 Å². The first-order chi connectivity index (χ1) is 24.4. The van der Waals surface area contributed by atoms with E-state index < -0.39 is 0 Å². The Kier molecular flexibility index (Phi) is 7.85. The first-order valence-electron chi connectivity index (χ1n) is 17.0. The average Bonchev–Trinajstić information content (AvgIpc) is 3.54. The fourth-order valence-corrected chi connectivity index (χ4v) is 6.78. The van der Waals surface area contributed by atoms with Gasteiger partial charge in [-0.15, -0.1) is 0 Å². The van der Waals surface area contributed by atoms with E-state index in [9.17, 15) is 5.11 Å². The van der Waals surface area contributed by atoms with E-state index in [1.54, 1.807) is 12.3 Å². The lowest BCUT2D eigenvalue weighted by Gasteiger charge is -2.19. The maximum atomic E-state index is 10.7. The van der Waals surface area contributed by atoms with Gasteiger partial charge < -0.3 is 5.11 Å². The van der Waals surface area contributed by atoms with Gasteiger partial charge >= 0.3 is 0 Å². The molecule has 0 amide bonds. The molecule has 0 bridgehead atoms. The van der Waals surface area contributed by atoms with Crippen molar-refractivity contribution in [3.63, 3.8) is 0 Å². The van der Waals surface area contributed by atoms with Crippen LogP contribution in [-0.2, 0) is 5.41 Å². The van der Waals surface area contributed by atoms with Crippen molar-refractivity contribution < 1.29 is 5.11 Å². The molecule has 0 saturated heterocycles. The van der Waals surface area contributed by atoms with Gasteiger partial charge in [0.05, 0.1) is 16.7 Å². The number of nitrogens with zero attached hydrogens (tertiary/aromatic N) is 3. The van der Waals surface area contributed by atoms with E-state index in [0.29, 0.717) is 5.56 Å². The number of hydrogen-bond donors (Lipinski definition) is 1. The number of aliphatic imine (C=N–C) groups is 1. The van der Waals surface area contributed by atoms with E-state index in [4.69, 9.17) is 9.98 Å². The number of hydrogen-bond acceptors (Lipinski definition) is 3. The fraction of sp³-hybridized carbons (Fsp3) is 0.0870. The highest BCUT2D eigenvalue weighted by Crippen LogP contribution is 2.41. The summed E-state index contributed by atoms with van der Waals surface area (Å²) in [6, 6.07) is 54.3. The van der Waals surface area contributed by atoms with Crippen LogP contribution >= 0.6 is 0 Å². The van der Waals surface area contributed by atoms with Crippen LogP contribution in [0.2, 0.25) is 0 Å². The van der Waals surface area contributed by atoms with Crippen LogP contribution < -0.4 is 0 Å². The van der Waals surface area contributed by atoms with Crippen molar-refractivity contribution in [3.8, 4) is 45.1 Å². The van der Waals surface area contributed by atoms with Crippen LogP contribution in [-0.4, -0.2) is 20.9 Å². The van der Waals surface area contributed by atoms with Crippen molar-refractivity contribution in [1.29, 1.82) is 0 Å². The van der Waals surface area contributed by atoms with Gasteiger partial charge in [-0.05, 0) is 80.9 Å². The maximum Gasteiger partial charge on any atom is 0.147 e. The number of benzene rings is 7. The molecular formula is C46H37N3O. The molecule has 0 spiro atoms. The Morgan fingerprint density at radius 2 is 1.24 bits per heavy atom. The molecule has 0 radical (unpaired) electrons. The van der Waals surface area contributed by atoms with Crippen LogP contribution in [0.25, 0.3) is 61.1 Å². The topological polar surface area (TPSA) is 50.4 Å². The van der Waals surface area contributed by atoms with Crippen molar-refractivity contribution in [2.24, 2.45) is 4.99 Å². The van der Waals surface area contributed by atoms with E-state index in [0.717, 1.165) is 50.5 Å². The van der Waals surface area contributed by atoms with E-state index >= 15 is 0 Å². The van der Waals surface area contributed by atoms with Crippen molar-refractivity contribution >= 4 is 33.7 Å². The molecule has 8 aromatic rings. The molecule has 242 valence electrons. The third-order valence-electron chi connectivity index (χ3n) is 9.38. The Hall–Kier alpha value is -6.26. The lowest BCUT2D eigenvalue weighted by molar-refractivity contribution is 0.473. The molecule has 1 aromatic heterocycles. The molecule has 0 atom stereocenters. The minimum atomic E-state index is -0.0559. The van der Waals surface area contributed by atoms with Gasteiger partial charge in [-0.1, -0.05) is 136 Å². The zero-order valence-corrected chi connectivity index (χ0v) is 28.4. The highest BCUT2D eigenvalue weighted by Gasteiger charge is 2.21. The minimum Gasteiger partial charge on any atom is -0.507 e. The van der Waals surface area contributed by atoms with Gasteiger partial charge in [0.15, 0.2) is 0 Å². The molecule has 4 nitrogen and oxygen atoms in total. The molecule has 8 rings (SSSR count). The predicted octanol–water partition coefficient (Wildman–Crippen LogP) is 11.9. The second kappa shape index (κ2) is 12.6. The molecule has 0 aliphatic heterocycles. The van der Waals surface area contributed by atoms with Gasteiger partial charge in [0.2, 0.25) is 0 Å². The summed E-state index contributed by atoms with van der Waals surface area (Å²) in [6.07, 6.45) is 1.75. The minimum absolute atomic E-state index is 0.0559. The Morgan fingerprint density at radius 3 is 2.00 bits per heavy atom. The zero-order chi connectivity index (χ0) is 34.2. The largest absolute Gasteiger partial charge is 0.507 e. The van der Waals surface area contributed by atoms with Crippen molar-refractivity contribution in [2.45, 2.75) is 26.2 Å². The summed E-state index contributed by atoms with van der Waals surface area (Å²) in [5, 5.41) is 13.1. The van der Waals surface area contributed by atoms with E-state index in [1.807, 2.05) is 36.4 Å². The van der Waals surface area contributed by atoms with E-state index in [-0.39, 0.29) is 11.2 Å². The molecule has 1 N–H and O–H groups in total. The van der Waals surface area contributed by atoms with Crippen LogP contribution in [0.5, 0.6) is 5.75 Å². The predicted molar refractivity (Wildman–Crippen MR) is 209 cm³/mol. The second-order valence-electron chi connectivity index (χ2n) is 13.7. The fourth-order valence-electron chi connectivity index (χ4n) is 6.78. The number of phenolic OH excluding ortho intramolecular Hbond substituents is 1. The molecule has 4 heteroatoms. The van der Waals surface area contributed by atoms with Crippen LogP contribution in [0.4, 0.5) is 5.69 Å². The Bertz CT molecular complexity index is 2520. The summed E-state index contributed by atoms with van der Waals surface area (Å²) in [5.74, 6) is 0.996. The molecule has 0 aliphatic rings. The highest BCUT2D eigenvalue weighted by atomic mass is 16.3. The number of fused-ring (bicyclic) bond motifs is 2. The van der Waals surface area contributed by atoms with Crippen LogP contribution in [0.1, 0.15) is 31.9 Å². The van der Waals surface area contributed by atoms with Crippen molar-refractivity contribution in [2.75, 3.05) is 0 Å². The molecule has 7 aromatic carbocycles. The first-order valence-corrected chi connectivity index (χ1v) is 17.0. The van der Waals surface area contributed by atoms with Crippen LogP contribution in [0.15, 0.2) is 163 Å². The van der Waals surface area contributed by atoms with Gasteiger partial charge in [0.25, 0.3) is 0 Å². The molecule has 0 fully saturated rings. The van der Waals surface area contributed by atoms with E-state index in [1.165, 1.54) is 21.9 Å². The molecule has 50 heavy (non-hydrogen) atoms. The van der Waals surface area contributed by atoms with Crippen LogP contribution in [0.3, 0.4) is 0 Å². The van der Waals surface area contributed by atoms with Gasteiger partial charge in [0.1, 0.15) is 11.6 Å². The summed E-state index contributed by atoms with van der Waals surface area (Å²) in [5.41, 5.74) is 11.0. The number of phenols is 1. The normalized spacial score (nSPS) is 11.9. The molecular weight excluding hydrogens is 611 g/mol. The number of rotatable bonds is 6. The lowest BCUT2D eigenvalue weighted by atomic mass is 9.86. The summed E-state index contributed by atoms with van der Waals surface area (Å²) in [7, 11) is 0. The Morgan fingerprint density at radius 1 is 0.600 bits per heavy atom.